The highest BCUT2D eigenvalue weighted by molar-refractivity contribution is 8.00. The Morgan fingerprint density at radius 3 is 2.52 bits per heavy atom. The zero-order valence-corrected chi connectivity index (χ0v) is 13.1. The van der Waals surface area contributed by atoms with Crippen molar-refractivity contribution in [1.29, 1.82) is 0 Å². The summed E-state index contributed by atoms with van der Waals surface area (Å²) < 4.78 is 0. The van der Waals surface area contributed by atoms with Crippen molar-refractivity contribution < 1.29 is 14.7 Å². The van der Waals surface area contributed by atoms with E-state index < -0.39 is 12.0 Å². The van der Waals surface area contributed by atoms with Crippen LogP contribution in [0, 0.1) is 11.8 Å². The van der Waals surface area contributed by atoms with Crippen LogP contribution in [0.3, 0.4) is 0 Å². The molecule has 2 unspecified atom stereocenters. The van der Waals surface area contributed by atoms with E-state index in [9.17, 15) is 14.7 Å². The smallest absolute Gasteiger partial charge is 0.327 e. The molecule has 0 spiro atoms. The van der Waals surface area contributed by atoms with Crippen LogP contribution in [0.5, 0.6) is 0 Å². The molecule has 6 heteroatoms. The van der Waals surface area contributed by atoms with Crippen molar-refractivity contribution in [2.24, 2.45) is 11.8 Å². The Bertz CT molecular complexity index is 408. The number of hydrogen-bond donors (Lipinski definition) is 2. The van der Waals surface area contributed by atoms with Gasteiger partial charge in [-0.2, -0.15) is 0 Å². The van der Waals surface area contributed by atoms with Crippen LogP contribution in [-0.2, 0) is 9.59 Å². The van der Waals surface area contributed by atoms with E-state index in [1.165, 1.54) is 0 Å². The fraction of sp³-hybridized carbons (Fsp3) is 0.867. The van der Waals surface area contributed by atoms with Crippen molar-refractivity contribution in [2.75, 3.05) is 18.8 Å². The molecule has 1 amide bonds. The Kier molecular flexibility index (Phi) is 4.74. The summed E-state index contributed by atoms with van der Waals surface area (Å²) in [5, 5.41) is 12.8. The lowest BCUT2D eigenvalue weighted by Gasteiger charge is -2.29. The quantitative estimate of drug-likeness (QED) is 0.806. The van der Waals surface area contributed by atoms with Gasteiger partial charge in [-0.3, -0.25) is 4.79 Å². The lowest BCUT2D eigenvalue weighted by molar-refractivity contribution is -0.149. The molecule has 0 bridgehead atoms. The van der Waals surface area contributed by atoms with Gasteiger partial charge in [0.1, 0.15) is 6.04 Å². The highest BCUT2D eigenvalue weighted by Crippen LogP contribution is 2.45. The number of carbonyl (C=O) groups excluding carboxylic acids is 1. The number of thioether (sulfide) groups is 1. The van der Waals surface area contributed by atoms with Gasteiger partial charge in [0.25, 0.3) is 0 Å². The summed E-state index contributed by atoms with van der Waals surface area (Å²) in [6.45, 7) is 2.09. The van der Waals surface area contributed by atoms with E-state index in [-0.39, 0.29) is 11.3 Å². The van der Waals surface area contributed by atoms with Gasteiger partial charge in [-0.05, 0) is 57.0 Å². The molecule has 3 aliphatic rings. The summed E-state index contributed by atoms with van der Waals surface area (Å²) in [5.41, 5.74) is 0. The first-order valence-corrected chi connectivity index (χ1v) is 9.08. The minimum absolute atomic E-state index is 0.0582. The number of aliphatic carboxylic acids is 1. The summed E-state index contributed by atoms with van der Waals surface area (Å²) in [4.78, 5) is 25.7. The fourth-order valence-corrected chi connectivity index (χ4v) is 5.06. The Morgan fingerprint density at radius 2 is 1.90 bits per heavy atom. The molecule has 0 aromatic rings. The number of amides is 1. The summed E-state index contributed by atoms with van der Waals surface area (Å²) in [6.07, 6.45) is 5.97. The number of hydrogen-bond acceptors (Lipinski definition) is 4. The maximum Gasteiger partial charge on any atom is 0.327 e. The Hall–Kier alpha value is -0.750. The zero-order chi connectivity index (χ0) is 14.8. The van der Waals surface area contributed by atoms with Gasteiger partial charge in [-0.1, -0.05) is 0 Å². The largest absolute Gasteiger partial charge is 0.480 e. The van der Waals surface area contributed by atoms with Gasteiger partial charge in [0, 0.05) is 12.2 Å². The third kappa shape index (κ3) is 3.54. The van der Waals surface area contributed by atoms with Gasteiger partial charge in [0.05, 0.1) is 5.37 Å². The van der Waals surface area contributed by atoms with Crippen LogP contribution >= 0.6 is 11.8 Å². The molecule has 2 saturated heterocycles. The third-order valence-corrected chi connectivity index (χ3v) is 6.32. The Morgan fingerprint density at radius 1 is 1.19 bits per heavy atom. The molecule has 0 aromatic heterocycles. The van der Waals surface area contributed by atoms with Crippen LogP contribution < -0.4 is 5.32 Å². The van der Waals surface area contributed by atoms with E-state index in [0.717, 1.165) is 45.2 Å². The molecule has 0 aromatic carbocycles. The molecule has 2 aliphatic heterocycles. The Labute approximate surface area is 129 Å². The predicted octanol–water partition coefficient (Wildman–Crippen LogP) is 1.53. The topological polar surface area (TPSA) is 69.6 Å². The zero-order valence-electron chi connectivity index (χ0n) is 12.3. The second-order valence-corrected chi connectivity index (χ2v) is 7.60. The second-order valence-electron chi connectivity index (χ2n) is 6.45. The number of carboxylic acid groups (broad SMARTS) is 1. The average Bonchev–Trinajstić information content (AvgIpc) is 3.24. The number of carboxylic acids is 1. The number of nitrogens with one attached hydrogen (secondary N) is 1. The van der Waals surface area contributed by atoms with E-state index in [4.69, 9.17) is 0 Å². The molecule has 5 nitrogen and oxygen atoms in total. The van der Waals surface area contributed by atoms with Crippen molar-refractivity contribution >= 4 is 23.6 Å². The molecule has 1 saturated carbocycles. The monoisotopic (exact) mass is 312 g/mol. The average molecular weight is 312 g/mol. The van der Waals surface area contributed by atoms with Crippen molar-refractivity contribution in [2.45, 2.75) is 49.9 Å². The summed E-state index contributed by atoms with van der Waals surface area (Å²) in [6, 6.07) is -0.610. The molecule has 1 aliphatic carbocycles. The van der Waals surface area contributed by atoms with Gasteiger partial charge >= 0.3 is 5.97 Å². The van der Waals surface area contributed by atoms with E-state index in [2.05, 4.69) is 5.32 Å². The number of rotatable bonds is 5. The van der Waals surface area contributed by atoms with Gasteiger partial charge in [-0.25, -0.2) is 4.79 Å². The van der Waals surface area contributed by atoms with Crippen LogP contribution in [0.4, 0.5) is 0 Å². The van der Waals surface area contributed by atoms with Crippen molar-refractivity contribution in [3.63, 3.8) is 0 Å². The molecular weight excluding hydrogens is 288 g/mol. The van der Waals surface area contributed by atoms with E-state index in [1.54, 1.807) is 16.7 Å². The standard InChI is InChI=1S/C15H24N2O3S/c18-13(4-1-10-5-7-16-8-6-10)17-12(15(19)20)9-21-14(17)11-2-3-11/h10-12,14,16H,1-9H2,(H,19,20). The molecule has 2 atom stereocenters. The van der Waals surface area contributed by atoms with Gasteiger partial charge in [0.15, 0.2) is 0 Å². The number of piperidine rings is 1. The lowest BCUT2D eigenvalue weighted by Crippen LogP contribution is -2.46. The summed E-state index contributed by atoms with van der Waals surface area (Å²) >= 11 is 1.66. The minimum Gasteiger partial charge on any atom is -0.480 e. The molecule has 0 radical (unpaired) electrons. The van der Waals surface area contributed by atoms with Crippen molar-refractivity contribution in [3.8, 4) is 0 Å². The molecule has 3 fully saturated rings. The maximum absolute atomic E-state index is 12.6. The highest BCUT2D eigenvalue weighted by Gasteiger charge is 2.47. The molecule has 3 rings (SSSR count). The molecule has 21 heavy (non-hydrogen) atoms. The van der Waals surface area contributed by atoms with Crippen LogP contribution in [0.1, 0.15) is 38.5 Å². The first-order valence-electron chi connectivity index (χ1n) is 8.03. The summed E-state index contributed by atoms with van der Waals surface area (Å²) in [7, 11) is 0. The van der Waals surface area contributed by atoms with E-state index >= 15 is 0 Å². The molecule has 2 N–H and O–H groups in total. The predicted molar refractivity (Wildman–Crippen MR) is 82.1 cm³/mol. The van der Waals surface area contributed by atoms with Gasteiger partial charge in [0.2, 0.25) is 5.91 Å². The minimum atomic E-state index is -0.846. The van der Waals surface area contributed by atoms with Crippen LogP contribution in [0.25, 0.3) is 0 Å². The van der Waals surface area contributed by atoms with Crippen molar-refractivity contribution in [1.82, 2.24) is 10.2 Å². The lowest BCUT2D eigenvalue weighted by atomic mass is 9.93. The van der Waals surface area contributed by atoms with Gasteiger partial charge in [-0.15, -0.1) is 11.8 Å². The maximum atomic E-state index is 12.6. The first kappa shape index (κ1) is 15.2. The third-order valence-electron chi connectivity index (χ3n) is 4.86. The second kappa shape index (κ2) is 6.57. The normalized spacial score (nSPS) is 30.6. The molecule has 2 heterocycles. The van der Waals surface area contributed by atoms with E-state index in [1.807, 2.05) is 0 Å². The fourth-order valence-electron chi connectivity index (χ4n) is 3.41. The summed E-state index contributed by atoms with van der Waals surface area (Å²) in [5.74, 6) is 0.911. The highest BCUT2D eigenvalue weighted by atomic mass is 32.2. The SMILES string of the molecule is O=C(O)C1CSC(C2CC2)N1C(=O)CCC1CCNCC1. The first-order chi connectivity index (χ1) is 10.2. The number of carbonyl (C=O) groups is 2. The van der Waals surface area contributed by atoms with Crippen LogP contribution in [-0.4, -0.2) is 52.1 Å². The molecule has 118 valence electrons. The molecular formula is C15H24N2O3S. The Balaban J connectivity index is 1.58. The van der Waals surface area contributed by atoms with Crippen molar-refractivity contribution in [3.05, 3.63) is 0 Å². The van der Waals surface area contributed by atoms with Gasteiger partial charge < -0.3 is 15.3 Å². The van der Waals surface area contributed by atoms with Crippen LogP contribution in [0.15, 0.2) is 0 Å². The van der Waals surface area contributed by atoms with E-state index in [0.29, 0.717) is 24.0 Å². The number of nitrogens with zero attached hydrogens (tertiary/aromatic N) is 1. The van der Waals surface area contributed by atoms with Crippen LogP contribution in [0.2, 0.25) is 0 Å².